The number of non-ortho nitro benzene ring substituents is 1. The molecule has 0 aliphatic carbocycles. The van der Waals surface area contributed by atoms with Crippen LogP contribution in [0.2, 0.25) is 0 Å². The zero-order chi connectivity index (χ0) is 17.1. The van der Waals surface area contributed by atoms with Crippen LogP contribution >= 0.6 is 0 Å². The van der Waals surface area contributed by atoms with Gasteiger partial charge in [-0.1, -0.05) is 17.3 Å². The molecule has 1 aromatic heterocycles. The van der Waals surface area contributed by atoms with Crippen LogP contribution in [0.1, 0.15) is 11.5 Å². The minimum atomic E-state index is -0.491. The number of benzene rings is 2. The summed E-state index contributed by atoms with van der Waals surface area (Å²) in [5.41, 5.74) is 1.01. The minimum Gasteiger partial charge on any atom is -0.484 e. The quantitative estimate of drug-likeness (QED) is 0.524. The third-order valence-electron chi connectivity index (χ3n) is 3.31. The lowest BCUT2D eigenvalue weighted by atomic mass is 10.1. The van der Waals surface area contributed by atoms with Crippen molar-refractivity contribution >= 4 is 5.69 Å². The van der Waals surface area contributed by atoms with Gasteiger partial charge < -0.3 is 9.26 Å². The number of nitro groups is 1. The van der Waals surface area contributed by atoms with E-state index in [0.717, 1.165) is 0 Å². The predicted octanol–water partition coefficient (Wildman–Crippen LogP) is 3.67. The largest absolute Gasteiger partial charge is 0.484 e. The van der Waals surface area contributed by atoms with E-state index in [-0.39, 0.29) is 29.8 Å². The molecule has 0 spiro atoms. The van der Waals surface area contributed by atoms with Crippen LogP contribution in [0.5, 0.6) is 5.75 Å². The van der Waals surface area contributed by atoms with Crippen molar-refractivity contribution in [2.24, 2.45) is 0 Å². The number of hydrogen-bond acceptors (Lipinski definition) is 6. The fraction of sp³-hybridized carbons (Fsp3) is 0.125. The molecule has 8 heteroatoms. The SMILES string of the molecule is Cc1ccc(-c2noc(COc3ccc([N+](=O)[O-])cc3)n2)cc1F. The van der Waals surface area contributed by atoms with E-state index in [1.54, 1.807) is 19.1 Å². The summed E-state index contributed by atoms with van der Waals surface area (Å²) in [5.74, 6) is 0.559. The second kappa shape index (κ2) is 6.45. The molecule has 0 amide bonds. The van der Waals surface area contributed by atoms with Crippen molar-refractivity contribution in [1.82, 2.24) is 10.1 Å². The van der Waals surface area contributed by atoms with E-state index in [2.05, 4.69) is 10.1 Å². The molecule has 0 saturated carbocycles. The molecule has 7 nitrogen and oxygen atoms in total. The lowest BCUT2D eigenvalue weighted by molar-refractivity contribution is -0.384. The zero-order valence-electron chi connectivity index (χ0n) is 12.6. The van der Waals surface area contributed by atoms with Crippen LogP contribution in [-0.4, -0.2) is 15.1 Å². The minimum absolute atomic E-state index is 0.000839. The van der Waals surface area contributed by atoms with Crippen LogP contribution < -0.4 is 4.74 Å². The van der Waals surface area contributed by atoms with Gasteiger partial charge in [0, 0.05) is 17.7 Å². The highest BCUT2D eigenvalue weighted by Crippen LogP contribution is 2.21. The van der Waals surface area contributed by atoms with Gasteiger partial charge in [-0.25, -0.2) is 4.39 Å². The van der Waals surface area contributed by atoms with Gasteiger partial charge in [0.2, 0.25) is 5.82 Å². The Bertz CT molecular complexity index is 877. The van der Waals surface area contributed by atoms with Crippen molar-refractivity contribution in [1.29, 1.82) is 0 Å². The average Bonchev–Trinajstić information content (AvgIpc) is 3.05. The monoisotopic (exact) mass is 329 g/mol. The average molecular weight is 329 g/mol. The molecular formula is C16H12FN3O4. The molecular weight excluding hydrogens is 317 g/mol. The molecule has 0 fully saturated rings. The number of halogens is 1. The molecule has 0 N–H and O–H groups in total. The van der Waals surface area contributed by atoms with Crippen LogP contribution in [0, 0.1) is 22.9 Å². The Morgan fingerprint density at radius 3 is 2.67 bits per heavy atom. The third-order valence-corrected chi connectivity index (χ3v) is 3.31. The van der Waals surface area contributed by atoms with E-state index in [4.69, 9.17) is 9.26 Å². The summed E-state index contributed by atoms with van der Waals surface area (Å²) in [7, 11) is 0. The highest BCUT2D eigenvalue weighted by molar-refractivity contribution is 5.54. The van der Waals surface area contributed by atoms with Gasteiger partial charge in [0.25, 0.3) is 11.6 Å². The van der Waals surface area contributed by atoms with Gasteiger partial charge in [-0.2, -0.15) is 4.98 Å². The number of hydrogen-bond donors (Lipinski definition) is 0. The summed E-state index contributed by atoms with van der Waals surface area (Å²) in [4.78, 5) is 14.2. The Hall–Kier alpha value is -3.29. The molecule has 1 heterocycles. The summed E-state index contributed by atoms with van der Waals surface area (Å²) in [6, 6.07) is 10.3. The number of rotatable bonds is 5. The number of ether oxygens (including phenoxy) is 1. The normalized spacial score (nSPS) is 10.6. The molecule has 0 radical (unpaired) electrons. The maximum Gasteiger partial charge on any atom is 0.269 e. The number of nitro benzene ring substituents is 1. The number of aromatic nitrogens is 2. The maximum atomic E-state index is 13.6. The Labute approximate surface area is 135 Å². The first-order valence-electron chi connectivity index (χ1n) is 6.99. The fourth-order valence-electron chi connectivity index (χ4n) is 1.97. The Balaban J connectivity index is 1.67. The number of nitrogens with zero attached hydrogens (tertiary/aromatic N) is 3. The first-order valence-corrected chi connectivity index (χ1v) is 6.99. The van der Waals surface area contributed by atoms with Gasteiger partial charge in [-0.05, 0) is 30.7 Å². The van der Waals surface area contributed by atoms with Gasteiger partial charge in [0.1, 0.15) is 11.6 Å². The molecule has 0 aliphatic heterocycles. The lowest BCUT2D eigenvalue weighted by Crippen LogP contribution is -1.96. The topological polar surface area (TPSA) is 91.3 Å². The second-order valence-electron chi connectivity index (χ2n) is 5.02. The van der Waals surface area contributed by atoms with E-state index in [1.165, 1.54) is 30.3 Å². The lowest BCUT2D eigenvalue weighted by Gasteiger charge is -2.01. The highest BCUT2D eigenvalue weighted by Gasteiger charge is 2.11. The fourth-order valence-corrected chi connectivity index (χ4v) is 1.97. The smallest absolute Gasteiger partial charge is 0.269 e. The van der Waals surface area contributed by atoms with Gasteiger partial charge in [0.15, 0.2) is 6.61 Å². The van der Waals surface area contributed by atoms with E-state index >= 15 is 0 Å². The van der Waals surface area contributed by atoms with Gasteiger partial charge in [-0.3, -0.25) is 10.1 Å². The summed E-state index contributed by atoms with van der Waals surface area (Å²) < 4.78 is 24.1. The van der Waals surface area contributed by atoms with Gasteiger partial charge in [-0.15, -0.1) is 0 Å². The molecule has 0 atom stereocenters. The van der Waals surface area contributed by atoms with Crippen molar-refractivity contribution in [2.75, 3.05) is 0 Å². The van der Waals surface area contributed by atoms with Crippen molar-refractivity contribution in [2.45, 2.75) is 13.5 Å². The van der Waals surface area contributed by atoms with Crippen LogP contribution in [0.15, 0.2) is 47.0 Å². The first-order chi connectivity index (χ1) is 11.5. The molecule has 3 aromatic rings. The van der Waals surface area contributed by atoms with E-state index in [0.29, 0.717) is 16.9 Å². The summed E-state index contributed by atoms with van der Waals surface area (Å²) in [6.07, 6.45) is 0. The van der Waals surface area contributed by atoms with Crippen molar-refractivity contribution < 1.29 is 18.6 Å². The van der Waals surface area contributed by atoms with Crippen LogP contribution in [-0.2, 0) is 6.61 Å². The third kappa shape index (κ3) is 3.37. The maximum absolute atomic E-state index is 13.6. The van der Waals surface area contributed by atoms with Gasteiger partial charge in [0.05, 0.1) is 4.92 Å². The molecule has 122 valence electrons. The summed E-state index contributed by atoms with van der Waals surface area (Å²) in [5, 5.41) is 14.4. The standard InChI is InChI=1S/C16H12FN3O4/c1-10-2-3-11(8-14(10)17)16-18-15(24-19-16)9-23-13-6-4-12(5-7-13)20(21)22/h2-8H,9H2,1H3. The Kier molecular flexibility index (Phi) is 4.19. The molecule has 0 aliphatic rings. The van der Waals surface area contributed by atoms with E-state index < -0.39 is 4.92 Å². The molecule has 3 rings (SSSR count). The summed E-state index contributed by atoms with van der Waals surface area (Å²) in [6.45, 7) is 1.66. The van der Waals surface area contributed by atoms with Crippen molar-refractivity contribution in [3.8, 4) is 17.1 Å². The molecule has 24 heavy (non-hydrogen) atoms. The highest BCUT2D eigenvalue weighted by atomic mass is 19.1. The molecule has 2 aromatic carbocycles. The Morgan fingerprint density at radius 1 is 1.25 bits per heavy atom. The molecule has 0 bridgehead atoms. The van der Waals surface area contributed by atoms with E-state index in [1.807, 2.05) is 0 Å². The predicted molar refractivity (Wildman–Crippen MR) is 81.9 cm³/mol. The van der Waals surface area contributed by atoms with Crippen molar-refractivity contribution in [3.05, 3.63) is 69.9 Å². The van der Waals surface area contributed by atoms with Crippen LogP contribution in [0.3, 0.4) is 0 Å². The first kappa shape index (κ1) is 15.6. The molecule has 0 unspecified atom stereocenters. The number of aryl methyl sites for hydroxylation is 1. The Morgan fingerprint density at radius 2 is 2.00 bits per heavy atom. The van der Waals surface area contributed by atoms with Gasteiger partial charge >= 0.3 is 0 Å². The van der Waals surface area contributed by atoms with Crippen LogP contribution in [0.4, 0.5) is 10.1 Å². The van der Waals surface area contributed by atoms with E-state index in [9.17, 15) is 14.5 Å². The zero-order valence-corrected chi connectivity index (χ0v) is 12.6. The van der Waals surface area contributed by atoms with Crippen LogP contribution in [0.25, 0.3) is 11.4 Å². The summed E-state index contributed by atoms with van der Waals surface area (Å²) >= 11 is 0. The van der Waals surface area contributed by atoms with Crippen molar-refractivity contribution in [3.63, 3.8) is 0 Å². The molecule has 0 saturated heterocycles. The second-order valence-corrected chi connectivity index (χ2v) is 5.02.